The molecule has 0 radical (unpaired) electrons. The molecule has 0 fully saturated rings. The third kappa shape index (κ3) is 13.4. The molecule has 0 unspecified atom stereocenters. The van der Waals surface area contributed by atoms with Crippen molar-refractivity contribution in [3.63, 3.8) is 0 Å². The summed E-state index contributed by atoms with van der Waals surface area (Å²) < 4.78 is 22.7. The molecule has 0 aliphatic rings. The Labute approximate surface area is 250 Å². The molecule has 1 aromatic rings. The predicted molar refractivity (Wildman–Crippen MR) is 159 cm³/mol. The van der Waals surface area contributed by atoms with Crippen molar-refractivity contribution in [2.24, 2.45) is 4.99 Å². The summed E-state index contributed by atoms with van der Waals surface area (Å²) in [4.78, 5) is 58.8. The van der Waals surface area contributed by atoms with Crippen LogP contribution in [0.4, 0.5) is 19.2 Å². The van der Waals surface area contributed by atoms with Crippen LogP contribution in [-0.2, 0) is 25.5 Å². The van der Waals surface area contributed by atoms with E-state index in [-0.39, 0.29) is 6.54 Å². The van der Waals surface area contributed by atoms with Gasteiger partial charge in [-0.25, -0.2) is 24.1 Å². The molecule has 0 atom stereocenters. The van der Waals surface area contributed by atoms with E-state index >= 15 is 0 Å². The van der Waals surface area contributed by atoms with E-state index in [2.05, 4.69) is 27.6 Å². The molecule has 4 amide bonds. The molecule has 0 heterocycles. The maximum atomic E-state index is 13.6. The number of ether oxygens (including phenoxy) is 4. The highest BCUT2D eigenvalue weighted by Gasteiger charge is 2.41. The molecule has 0 bridgehead atoms. The maximum absolute atomic E-state index is 13.6. The number of imide groups is 1. The van der Waals surface area contributed by atoms with Crippen molar-refractivity contribution in [2.45, 2.75) is 112 Å². The Morgan fingerprint density at radius 1 is 0.700 bits per heavy atom. The van der Waals surface area contributed by atoms with Crippen molar-refractivity contribution in [2.75, 3.05) is 0 Å². The molecule has 0 aromatic heterocycles. The molecule has 0 aliphatic carbocycles. The van der Waals surface area contributed by atoms with Gasteiger partial charge in [-0.05, 0) is 123 Å². The lowest BCUT2D eigenvalue weighted by molar-refractivity contribution is 0.0103. The Hall–Kier alpha value is -2.90. The van der Waals surface area contributed by atoms with Crippen molar-refractivity contribution in [3.8, 4) is 0 Å². The Bertz CT molecular complexity index is 1090. The van der Waals surface area contributed by atoms with Crippen LogP contribution in [-0.4, -0.2) is 62.5 Å². The normalized spacial score (nSPS) is 12.8. The molecule has 0 aliphatic heterocycles. The average molecular weight is 676 g/mol. The zero-order valence-electron chi connectivity index (χ0n) is 25.5. The molecule has 0 N–H and O–H groups in total. The van der Waals surface area contributed by atoms with Crippen LogP contribution >= 0.6 is 22.6 Å². The molecule has 12 heteroatoms. The molecule has 224 valence electrons. The van der Waals surface area contributed by atoms with Crippen LogP contribution in [0.3, 0.4) is 0 Å². The number of guanidine groups is 1. The zero-order chi connectivity index (χ0) is 31.3. The molecular formula is C28H42IN3O8. The van der Waals surface area contributed by atoms with Crippen LogP contribution in [0.5, 0.6) is 0 Å². The van der Waals surface area contributed by atoms with E-state index in [9.17, 15) is 19.2 Å². The predicted octanol–water partition coefficient (Wildman–Crippen LogP) is 7.49. The largest absolute Gasteiger partial charge is 0.443 e. The summed E-state index contributed by atoms with van der Waals surface area (Å²) in [6.45, 7) is 19.2. The first-order valence-electron chi connectivity index (χ1n) is 12.7. The SMILES string of the molecule is CC(C)(C)OC(=O)N=C(N(Cc1cccc(I)c1)C(=O)OC(C)(C)C)N(C(=O)OC(C)(C)C)C(=O)OC(C)(C)C. The van der Waals surface area contributed by atoms with Crippen LogP contribution in [0.2, 0.25) is 0 Å². The van der Waals surface area contributed by atoms with Crippen molar-refractivity contribution < 1.29 is 38.1 Å². The monoisotopic (exact) mass is 675 g/mol. The van der Waals surface area contributed by atoms with Crippen LogP contribution in [0.15, 0.2) is 29.3 Å². The third-order valence-corrected chi connectivity index (χ3v) is 4.69. The lowest BCUT2D eigenvalue weighted by Crippen LogP contribution is -2.55. The summed E-state index contributed by atoms with van der Waals surface area (Å²) in [7, 11) is 0. The number of carbonyl (C=O) groups excluding carboxylic acids is 4. The van der Waals surface area contributed by atoms with Gasteiger partial charge in [0.25, 0.3) is 0 Å². The van der Waals surface area contributed by atoms with Gasteiger partial charge in [-0.2, -0.15) is 0 Å². The number of benzene rings is 1. The molecular weight excluding hydrogens is 633 g/mol. The van der Waals surface area contributed by atoms with Gasteiger partial charge in [0.15, 0.2) is 0 Å². The standard InChI is InChI=1S/C28H42IN3O8/c1-25(2,3)37-21(33)30-20(32(23(35)39-27(7,8)9)24(36)40-28(10,11)12)31(22(34)38-26(4,5)6)17-18-14-13-15-19(29)16-18/h13-16H,17H2,1-12H3. The maximum Gasteiger partial charge on any atom is 0.437 e. The van der Waals surface area contributed by atoms with Crippen molar-refractivity contribution >= 4 is 52.9 Å². The second-order valence-electron chi connectivity index (χ2n) is 12.9. The second kappa shape index (κ2) is 13.2. The van der Waals surface area contributed by atoms with E-state index in [0.29, 0.717) is 10.5 Å². The van der Waals surface area contributed by atoms with E-state index in [0.717, 1.165) is 8.47 Å². The van der Waals surface area contributed by atoms with Crippen LogP contribution in [0.25, 0.3) is 0 Å². The Kier molecular flexibility index (Phi) is 11.6. The van der Waals surface area contributed by atoms with E-state index in [4.69, 9.17) is 18.9 Å². The summed E-state index contributed by atoms with van der Waals surface area (Å²) in [5.41, 5.74) is -3.45. The fraction of sp³-hybridized carbons (Fsp3) is 0.607. The van der Waals surface area contributed by atoms with E-state index in [1.807, 2.05) is 6.07 Å². The lowest BCUT2D eigenvalue weighted by Gasteiger charge is -2.33. The van der Waals surface area contributed by atoms with Gasteiger partial charge in [0.1, 0.15) is 22.4 Å². The van der Waals surface area contributed by atoms with Crippen molar-refractivity contribution in [3.05, 3.63) is 33.4 Å². The van der Waals surface area contributed by atoms with Gasteiger partial charge in [0.2, 0.25) is 5.96 Å². The number of carbonyl (C=O) groups is 4. The number of aliphatic imine (C=N–C) groups is 1. The van der Waals surface area contributed by atoms with Gasteiger partial charge in [-0.1, -0.05) is 12.1 Å². The summed E-state index contributed by atoms with van der Waals surface area (Å²) in [6.07, 6.45) is -4.58. The summed E-state index contributed by atoms with van der Waals surface area (Å²) in [5, 5.41) is 0. The Morgan fingerprint density at radius 3 is 1.52 bits per heavy atom. The number of hydrogen-bond acceptors (Lipinski definition) is 8. The number of hydrogen-bond donors (Lipinski definition) is 0. The van der Waals surface area contributed by atoms with Crippen LogP contribution in [0.1, 0.15) is 88.6 Å². The number of nitrogens with zero attached hydrogens (tertiary/aromatic N) is 3. The molecule has 1 rings (SSSR count). The van der Waals surface area contributed by atoms with Crippen LogP contribution in [0, 0.1) is 3.57 Å². The molecule has 0 spiro atoms. The molecule has 40 heavy (non-hydrogen) atoms. The highest BCUT2D eigenvalue weighted by atomic mass is 127. The van der Waals surface area contributed by atoms with Crippen molar-refractivity contribution in [1.29, 1.82) is 0 Å². The Balaban J connectivity index is 3.96. The fourth-order valence-corrected chi connectivity index (χ4v) is 3.41. The highest BCUT2D eigenvalue weighted by molar-refractivity contribution is 14.1. The van der Waals surface area contributed by atoms with Gasteiger partial charge >= 0.3 is 24.4 Å². The highest BCUT2D eigenvalue weighted by Crippen LogP contribution is 2.21. The minimum atomic E-state index is -1.22. The number of halogens is 1. The van der Waals surface area contributed by atoms with Crippen molar-refractivity contribution in [1.82, 2.24) is 9.80 Å². The van der Waals surface area contributed by atoms with Gasteiger partial charge in [0.05, 0.1) is 6.54 Å². The minimum absolute atomic E-state index is 0.227. The summed E-state index contributed by atoms with van der Waals surface area (Å²) >= 11 is 2.11. The first-order valence-corrected chi connectivity index (χ1v) is 13.8. The molecule has 0 saturated heterocycles. The summed E-state index contributed by atoms with van der Waals surface area (Å²) in [6, 6.07) is 7.14. The van der Waals surface area contributed by atoms with Gasteiger partial charge in [-0.15, -0.1) is 9.89 Å². The van der Waals surface area contributed by atoms with E-state index in [1.165, 1.54) is 0 Å². The number of amides is 4. The topological polar surface area (TPSA) is 124 Å². The molecule has 11 nitrogen and oxygen atoms in total. The quantitative estimate of drug-likeness (QED) is 0.137. The first-order chi connectivity index (χ1) is 17.9. The minimum Gasteiger partial charge on any atom is -0.443 e. The third-order valence-electron chi connectivity index (χ3n) is 4.02. The Morgan fingerprint density at radius 2 is 1.12 bits per heavy atom. The average Bonchev–Trinajstić information content (AvgIpc) is 2.66. The van der Waals surface area contributed by atoms with Gasteiger partial charge in [0, 0.05) is 3.57 Å². The lowest BCUT2D eigenvalue weighted by atomic mass is 10.2. The smallest absolute Gasteiger partial charge is 0.437 e. The summed E-state index contributed by atoms with van der Waals surface area (Å²) in [5.74, 6) is -0.703. The zero-order valence-corrected chi connectivity index (χ0v) is 27.7. The van der Waals surface area contributed by atoms with Gasteiger partial charge < -0.3 is 18.9 Å². The number of rotatable bonds is 2. The fourth-order valence-electron chi connectivity index (χ4n) is 2.80. The second-order valence-corrected chi connectivity index (χ2v) is 14.1. The van der Waals surface area contributed by atoms with E-state index < -0.39 is 52.7 Å². The van der Waals surface area contributed by atoms with Crippen LogP contribution < -0.4 is 0 Å². The molecule has 0 saturated carbocycles. The first kappa shape index (κ1) is 35.1. The molecule has 1 aromatic carbocycles. The van der Waals surface area contributed by atoms with E-state index in [1.54, 1.807) is 101 Å². The van der Waals surface area contributed by atoms with Gasteiger partial charge in [-0.3, -0.25) is 0 Å².